The minimum absolute atomic E-state index is 0.118. The third-order valence-corrected chi connectivity index (χ3v) is 2.87. The van der Waals surface area contributed by atoms with Crippen LogP contribution in [0.5, 0.6) is 0 Å². The second-order valence-corrected chi connectivity index (χ2v) is 4.03. The first kappa shape index (κ1) is 11.3. The zero-order valence-corrected chi connectivity index (χ0v) is 10.0. The number of rotatable bonds is 2. The van der Waals surface area contributed by atoms with Gasteiger partial charge < -0.3 is 4.42 Å². The third kappa shape index (κ3) is 1.83. The molecule has 1 aromatic carbocycles. The van der Waals surface area contributed by atoms with Gasteiger partial charge in [-0.2, -0.15) is 0 Å². The van der Waals surface area contributed by atoms with Gasteiger partial charge >= 0.3 is 5.76 Å². The summed E-state index contributed by atoms with van der Waals surface area (Å²) in [5.41, 5.74) is 2.55. The summed E-state index contributed by atoms with van der Waals surface area (Å²) in [6.45, 7) is 0. The van der Waals surface area contributed by atoms with Crippen LogP contribution in [0.15, 0.2) is 39.7 Å². The van der Waals surface area contributed by atoms with Gasteiger partial charge in [-0.1, -0.05) is 6.07 Å². The molecule has 0 spiro atoms. The van der Waals surface area contributed by atoms with E-state index in [4.69, 9.17) is 4.42 Å². The molecule has 3 aromatic rings. The second-order valence-electron chi connectivity index (χ2n) is 4.03. The average Bonchev–Trinajstić information content (AvgIpc) is 2.73. The topological polar surface area (TPSA) is 78.0 Å². The highest BCUT2D eigenvalue weighted by atomic mass is 16.4. The number of aryl methyl sites for hydroxylation is 1. The molecule has 0 radical (unpaired) electrons. The van der Waals surface area contributed by atoms with Crippen LogP contribution < -0.4 is 5.76 Å². The van der Waals surface area contributed by atoms with Crippen LogP contribution in [0.1, 0.15) is 10.6 Å². The van der Waals surface area contributed by atoms with Crippen LogP contribution in [0.3, 0.4) is 0 Å². The number of hydrogen-bond donors (Lipinski definition) is 0. The zero-order valence-electron chi connectivity index (χ0n) is 10.0. The number of nitrogens with zero attached hydrogens (tertiary/aromatic N) is 3. The largest absolute Gasteiger partial charge is 0.419 e. The smallest absolute Gasteiger partial charge is 0.408 e. The number of aromatic nitrogens is 3. The molecule has 6 nitrogen and oxygen atoms in total. The molecule has 0 unspecified atom stereocenters. The van der Waals surface area contributed by atoms with Gasteiger partial charge in [0.1, 0.15) is 0 Å². The van der Waals surface area contributed by atoms with Crippen LogP contribution in [-0.2, 0) is 7.05 Å². The lowest BCUT2D eigenvalue weighted by Gasteiger charge is -2.00. The Bertz CT molecular complexity index is 833. The summed E-state index contributed by atoms with van der Waals surface area (Å²) < 4.78 is 6.54. The van der Waals surface area contributed by atoms with Crippen LogP contribution in [-0.4, -0.2) is 20.8 Å². The number of oxazole rings is 1. The molecule has 0 atom stereocenters. The Labute approximate surface area is 107 Å². The fourth-order valence-corrected chi connectivity index (χ4v) is 1.88. The van der Waals surface area contributed by atoms with Gasteiger partial charge in [-0.15, -0.1) is 0 Å². The first-order valence-electron chi connectivity index (χ1n) is 5.57. The van der Waals surface area contributed by atoms with Crippen LogP contribution >= 0.6 is 0 Å². The van der Waals surface area contributed by atoms with Crippen LogP contribution in [0.2, 0.25) is 0 Å². The summed E-state index contributed by atoms with van der Waals surface area (Å²) in [6.07, 6.45) is 2.10. The highest BCUT2D eigenvalue weighted by molar-refractivity contribution is 5.80. The van der Waals surface area contributed by atoms with E-state index in [2.05, 4.69) is 9.97 Å². The van der Waals surface area contributed by atoms with Gasteiger partial charge in [-0.25, -0.2) is 14.8 Å². The highest BCUT2D eigenvalue weighted by Gasteiger charge is 2.08. The number of carbonyl (C=O) groups is 1. The molecule has 94 valence electrons. The second kappa shape index (κ2) is 4.16. The Morgan fingerprint density at radius 2 is 2.16 bits per heavy atom. The van der Waals surface area contributed by atoms with Gasteiger partial charge in [0.25, 0.3) is 0 Å². The maximum Gasteiger partial charge on any atom is 0.419 e. The lowest BCUT2D eigenvalue weighted by atomic mass is 10.1. The number of aldehydes is 1. The molecule has 0 saturated heterocycles. The summed E-state index contributed by atoms with van der Waals surface area (Å²) in [5, 5.41) is 0. The van der Waals surface area contributed by atoms with Crippen molar-refractivity contribution in [3.05, 3.63) is 46.8 Å². The first-order chi connectivity index (χ1) is 9.19. The molecule has 0 aliphatic rings. The molecule has 0 aliphatic heterocycles. The molecule has 0 N–H and O–H groups in total. The molecular formula is C13H9N3O3. The van der Waals surface area contributed by atoms with Crippen LogP contribution in [0, 0.1) is 0 Å². The highest BCUT2D eigenvalue weighted by Crippen LogP contribution is 2.21. The van der Waals surface area contributed by atoms with E-state index in [1.165, 1.54) is 10.8 Å². The van der Waals surface area contributed by atoms with Crippen LogP contribution in [0.25, 0.3) is 22.4 Å². The molecule has 0 fully saturated rings. The molecule has 0 bridgehead atoms. The van der Waals surface area contributed by atoms with E-state index < -0.39 is 5.76 Å². The third-order valence-electron chi connectivity index (χ3n) is 2.87. The number of benzene rings is 1. The molecule has 2 aromatic heterocycles. The van der Waals surface area contributed by atoms with Crippen molar-refractivity contribution >= 4 is 17.4 Å². The maximum absolute atomic E-state index is 11.4. The van der Waals surface area contributed by atoms with Crippen molar-refractivity contribution in [3.63, 3.8) is 0 Å². The van der Waals surface area contributed by atoms with Crippen molar-refractivity contribution in [2.45, 2.75) is 0 Å². The van der Waals surface area contributed by atoms with E-state index in [9.17, 15) is 9.59 Å². The Balaban J connectivity index is 2.20. The molecule has 2 heterocycles. The van der Waals surface area contributed by atoms with Gasteiger partial charge in [0.05, 0.1) is 11.2 Å². The summed E-state index contributed by atoms with van der Waals surface area (Å²) in [5.74, 6) is -0.296. The molecule has 19 heavy (non-hydrogen) atoms. The number of hydrogen-bond acceptors (Lipinski definition) is 5. The van der Waals surface area contributed by atoms with Gasteiger partial charge in [-0.3, -0.25) is 9.36 Å². The van der Waals surface area contributed by atoms with Crippen LogP contribution in [0.4, 0.5) is 0 Å². The summed E-state index contributed by atoms with van der Waals surface area (Å²) >= 11 is 0. The van der Waals surface area contributed by atoms with Gasteiger partial charge in [-0.05, 0) is 18.2 Å². The van der Waals surface area contributed by atoms with Crippen molar-refractivity contribution in [2.24, 2.45) is 7.05 Å². The molecule has 0 saturated carbocycles. The van der Waals surface area contributed by atoms with E-state index >= 15 is 0 Å². The average molecular weight is 255 g/mol. The predicted octanol–water partition coefficient (Wildman–Crippen LogP) is 1.40. The lowest BCUT2D eigenvalue weighted by molar-refractivity contribution is 0.111. The molecule has 0 amide bonds. The van der Waals surface area contributed by atoms with Crippen molar-refractivity contribution in [3.8, 4) is 11.3 Å². The SMILES string of the molecule is Cn1c(=O)oc2cc(-c3ccnc(C=O)n3)ccc21. The van der Waals surface area contributed by atoms with E-state index in [1.807, 2.05) is 6.07 Å². The Morgan fingerprint density at radius 3 is 2.95 bits per heavy atom. The minimum atomic E-state index is -0.414. The van der Waals surface area contributed by atoms with E-state index in [0.29, 0.717) is 23.1 Å². The van der Waals surface area contributed by atoms with Crippen molar-refractivity contribution in [1.29, 1.82) is 0 Å². The summed E-state index contributed by atoms with van der Waals surface area (Å²) in [4.78, 5) is 30.0. The normalized spacial score (nSPS) is 10.8. The minimum Gasteiger partial charge on any atom is -0.408 e. The Kier molecular flexibility index (Phi) is 2.49. The predicted molar refractivity (Wildman–Crippen MR) is 67.9 cm³/mol. The van der Waals surface area contributed by atoms with Crippen molar-refractivity contribution in [1.82, 2.24) is 14.5 Å². The fraction of sp³-hybridized carbons (Fsp3) is 0.0769. The Morgan fingerprint density at radius 1 is 1.32 bits per heavy atom. The first-order valence-corrected chi connectivity index (χ1v) is 5.57. The molecule has 3 rings (SSSR count). The molecular weight excluding hydrogens is 246 g/mol. The Hall–Kier alpha value is -2.76. The van der Waals surface area contributed by atoms with Gasteiger partial charge in [0.15, 0.2) is 17.7 Å². The number of carbonyl (C=O) groups excluding carboxylic acids is 1. The quantitative estimate of drug-likeness (QED) is 0.647. The lowest BCUT2D eigenvalue weighted by Crippen LogP contribution is -2.08. The summed E-state index contributed by atoms with van der Waals surface area (Å²) in [6, 6.07) is 7.00. The monoisotopic (exact) mass is 255 g/mol. The fourth-order valence-electron chi connectivity index (χ4n) is 1.88. The standard InChI is InChI=1S/C13H9N3O3/c1-16-10-3-2-8(6-11(10)19-13(16)18)9-4-5-14-12(7-17)15-9/h2-7H,1H3. The van der Waals surface area contributed by atoms with Crippen molar-refractivity contribution < 1.29 is 9.21 Å². The van der Waals surface area contributed by atoms with E-state index in [0.717, 1.165) is 5.56 Å². The molecule has 0 aliphatic carbocycles. The van der Waals surface area contributed by atoms with Crippen molar-refractivity contribution in [2.75, 3.05) is 0 Å². The number of fused-ring (bicyclic) bond motifs is 1. The maximum atomic E-state index is 11.4. The van der Waals surface area contributed by atoms with E-state index in [-0.39, 0.29) is 5.82 Å². The van der Waals surface area contributed by atoms with Gasteiger partial charge in [0, 0.05) is 18.8 Å². The van der Waals surface area contributed by atoms with E-state index in [1.54, 1.807) is 25.2 Å². The zero-order chi connectivity index (χ0) is 13.4. The summed E-state index contributed by atoms with van der Waals surface area (Å²) in [7, 11) is 1.64. The molecule has 6 heteroatoms. The van der Waals surface area contributed by atoms with Gasteiger partial charge in [0.2, 0.25) is 0 Å².